The van der Waals surface area contributed by atoms with Gasteiger partial charge in [-0.05, 0) is 18.6 Å². The summed E-state index contributed by atoms with van der Waals surface area (Å²) in [7, 11) is 1.78. The molecule has 0 aromatic carbocycles. The van der Waals surface area contributed by atoms with Crippen LogP contribution in [0.3, 0.4) is 0 Å². The van der Waals surface area contributed by atoms with Crippen molar-refractivity contribution in [3.63, 3.8) is 0 Å². The number of nitrogens with two attached hydrogens (primary N) is 1. The van der Waals surface area contributed by atoms with Crippen LogP contribution in [0, 0.1) is 0 Å². The van der Waals surface area contributed by atoms with Crippen molar-refractivity contribution in [2.24, 2.45) is 0 Å². The number of rotatable bonds is 2. The second-order valence-electron chi connectivity index (χ2n) is 3.91. The van der Waals surface area contributed by atoms with Crippen LogP contribution in [0.25, 0.3) is 0 Å². The van der Waals surface area contributed by atoms with Gasteiger partial charge in [-0.15, -0.1) is 0 Å². The molecule has 1 aliphatic rings. The molecule has 0 spiro atoms. The van der Waals surface area contributed by atoms with Crippen LogP contribution in [-0.4, -0.2) is 42.1 Å². The third kappa shape index (κ3) is 2.14. The van der Waals surface area contributed by atoms with E-state index in [1.807, 2.05) is 0 Å². The van der Waals surface area contributed by atoms with Gasteiger partial charge in [0.15, 0.2) is 0 Å². The highest BCUT2D eigenvalue weighted by Crippen LogP contribution is 2.13. The van der Waals surface area contributed by atoms with E-state index in [0.29, 0.717) is 18.0 Å². The van der Waals surface area contributed by atoms with Crippen molar-refractivity contribution >= 4 is 11.6 Å². The zero-order valence-corrected chi connectivity index (χ0v) is 9.22. The van der Waals surface area contributed by atoms with Crippen molar-refractivity contribution < 1.29 is 9.53 Å². The van der Waals surface area contributed by atoms with Gasteiger partial charge in [0, 0.05) is 13.7 Å². The number of likely N-dealkylation sites (N-methyl/N-ethyl adjacent to an activating group) is 1. The van der Waals surface area contributed by atoms with Crippen LogP contribution >= 0.6 is 0 Å². The van der Waals surface area contributed by atoms with Gasteiger partial charge in [0.25, 0.3) is 5.91 Å². The lowest BCUT2D eigenvalue weighted by Crippen LogP contribution is -2.37. The minimum Gasteiger partial charge on any atom is -0.397 e. The van der Waals surface area contributed by atoms with Crippen molar-refractivity contribution in [3.8, 4) is 0 Å². The number of carbonyl (C=O) groups excluding carboxylic acids is 1. The second-order valence-corrected chi connectivity index (χ2v) is 3.91. The summed E-state index contributed by atoms with van der Waals surface area (Å²) in [6.07, 6.45) is 2.38. The summed E-state index contributed by atoms with van der Waals surface area (Å²) >= 11 is 0. The Morgan fingerprint density at radius 1 is 1.62 bits per heavy atom. The molecule has 5 heteroatoms. The topological polar surface area (TPSA) is 68.5 Å². The summed E-state index contributed by atoms with van der Waals surface area (Å²) in [5.41, 5.74) is 6.50. The first kappa shape index (κ1) is 10.9. The number of ether oxygens (including phenoxy) is 1. The summed E-state index contributed by atoms with van der Waals surface area (Å²) < 4.78 is 5.25. The standard InChI is InChI=1S/C11H15N3O2/c1-14(9-4-5-16-7-9)11(15)10-3-2-8(12)6-13-10/h2-3,6,9H,4-5,7,12H2,1H3. The van der Waals surface area contributed by atoms with Crippen molar-refractivity contribution in [2.45, 2.75) is 12.5 Å². The average Bonchev–Trinajstić information content (AvgIpc) is 2.81. The van der Waals surface area contributed by atoms with Gasteiger partial charge in [-0.25, -0.2) is 4.98 Å². The van der Waals surface area contributed by atoms with Crippen molar-refractivity contribution in [3.05, 3.63) is 24.0 Å². The third-order valence-electron chi connectivity index (χ3n) is 2.78. The van der Waals surface area contributed by atoms with E-state index >= 15 is 0 Å². The lowest BCUT2D eigenvalue weighted by molar-refractivity contribution is 0.0705. The number of nitrogen functional groups attached to an aromatic ring is 1. The predicted octanol–water partition coefficient (Wildman–Crippen LogP) is 0.525. The van der Waals surface area contributed by atoms with Crippen LogP contribution in [0.1, 0.15) is 16.9 Å². The fourth-order valence-corrected chi connectivity index (χ4v) is 1.71. The largest absolute Gasteiger partial charge is 0.397 e. The monoisotopic (exact) mass is 221 g/mol. The van der Waals surface area contributed by atoms with Gasteiger partial charge in [-0.3, -0.25) is 4.79 Å². The van der Waals surface area contributed by atoms with Crippen LogP contribution in [0.15, 0.2) is 18.3 Å². The molecule has 0 bridgehead atoms. The minimum absolute atomic E-state index is 0.0875. The first-order valence-electron chi connectivity index (χ1n) is 5.25. The Labute approximate surface area is 94.2 Å². The number of hydrogen-bond donors (Lipinski definition) is 1. The fraction of sp³-hybridized carbons (Fsp3) is 0.455. The van der Waals surface area contributed by atoms with Crippen LogP contribution < -0.4 is 5.73 Å². The SMILES string of the molecule is CN(C(=O)c1ccc(N)cn1)C1CCOC1. The van der Waals surface area contributed by atoms with E-state index in [9.17, 15) is 4.79 Å². The van der Waals surface area contributed by atoms with E-state index in [2.05, 4.69) is 4.98 Å². The molecule has 86 valence electrons. The highest BCUT2D eigenvalue weighted by molar-refractivity contribution is 5.92. The molecule has 1 aromatic heterocycles. The van der Waals surface area contributed by atoms with Gasteiger partial charge in [-0.1, -0.05) is 0 Å². The van der Waals surface area contributed by atoms with E-state index in [1.165, 1.54) is 6.20 Å². The van der Waals surface area contributed by atoms with Crippen molar-refractivity contribution in [1.82, 2.24) is 9.88 Å². The van der Waals surface area contributed by atoms with Crippen molar-refractivity contribution in [2.75, 3.05) is 26.0 Å². The Balaban J connectivity index is 2.08. The molecule has 1 amide bonds. The maximum absolute atomic E-state index is 12.0. The number of pyridine rings is 1. The molecule has 1 aromatic rings. The van der Waals surface area contributed by atoms with Crippen LogP contribution in [0.2, 0.25) is 0 Å². The molecule has 2 rings (SSSR count). The minimum atomic E-state index is -0.0875. The Morgan fingerprint density at radius 3 is 3.00 bits per heavy atom. The van der Waals surface area contributed by atoms with Gasteiger partial charge < -0.3 is 15.4 Å². The third-order valence-corrected chi connectivity index (χ3v) is 2.78. The lowest BCUT2D eigenvalue weighted by atomic mass is 10.2. The first-order valence-corrected chi connectivity index (χ1v) is 5.25. The number of aromatic nitrogens is 1. The first-order chi connectivity index (χ1) is 7.68. The Kier molecular flexibility index (Phi) is 3.05. The summed E-state index contributed by atoms with van der Waals surface area (Å²) in [5, 5.41) is 0. The zero-order valence-electron chi connectivity index (χ0n) is 9.22. The molecule has 1 fully saturated rings. The summed E-state index contributed by atoms with van der Waals surface area (Å²) in [5.74, 6) is -0.0875. The predicted molar refractivity (Wildman–Crippen MR) is 60.0 cm³/mol. The summed E-state index contributed by atoms with van der Waals surface area (Å²) in [6, 6.07) is 3.48. The highest BCUT2D eigenvalue weighted by Gasteiger charge is 2.25. The number of hydrogen-bond acceptors (Lipinski definition) is 4. The maximum Gasteiger partial charge on any atom is 0.272 e. The Morgan fingerprint density at radius 2 is 2.44 bits per heavy atom. The van der Waals surface area contributed by atoms with E-state index in [1.54, 1.807) is 24.1 Å². The molecule has 2 heterocycles. The highest BCUT2D eigenvalue weighted by atomic mass is 16.5. The van der Waals surface area contributed by atoms with E-state index in [0.717, 1.165) is 13.0 Å². The van der Waals surface area contributed by atoms with Crippen LogP contribution in [0.5, 0.6) is 0 Å². The smallest absolute Gasteiger partial charge is 0.272 e. The summed E-state index contributed by atoms with van der Waals surface area (Å²) in [6.45, 7) is 1.33. The normalized spacial score (nSPS) is 19.7. The second kappa shape index (κ2) is 4.49. The molecule has 1 atom stereocenters. The summed E-state index contributed by atoms with van der Waals surface area (Å²) in [4.78, 5) is 17.7. The van der Waals surface area contributed by atoms with E-state index in [-0.39, 0.29) is 11.9 Å². The molecule has 5 nitrogen and oxygen atoms in total. The fourth-order valence-electron chi connectivity index (χ4n) is 1.71. The Bertz CT molecular complexity index is 371. The van der Waals surface area contributed by atoms with Gasteiger partial charge in [0.05, 0.1) is 24.5 Å². The molecule has 1 saturated heterocycles. The zero-order chi connectivity index (χ0) is 11.5. The number of amides is 1. The molecule has 2 N–H and O–H groups in total. The van der Waals surface area contributed by atoms with Crippen LogP contribution in [0.4, 0.5) is 5.69 Å². The number of nitrogens with zero attached hydrogens (tertiary/aromatic N) is 2. The number of anilines is 1. The van der Waals surface area contributed by atoms with Gasteiger partial charge in [0.2, 0.25) is 0 Å². The molecule has 1 aliphatic heterocycles. The quantitative estimate of drug-likeness (QED) is 0.790. The van der Waals surface area contributed by atoms with Gasteiger partial charge in [-0.2, -0.15) is 0 Å². The number of carbonyl (C=O) groups is 1. The molecule has 1 unspecified atom stereocenters. The van der Waals surface area contributed by atoms with Crippen molar-refractivity contribution in [1.29, 1.82) is 0 Å². The molecule has 0 aliphatic carbocycles. The van der Waals surface area contributed by atoms with Gasteiger partial charge >= 0.3 is 0 Å². The molecular formula is C11H15N3O2. The van der Waals surface area contributed by atoms with E-state index < -0.39 is 0 Å². The van der Waals surface area contributed by atoms with Crippen LogP contribution in [-0.2, 0) is 4.74 Å². The average molecular weight is 221 g/mol. The maximum atomic E-state index is 12.0. The molecule has 0 saturated carbocycles. The molecule has 0 radical (unpaired) electrons. The van der Waals surface area contributed by atoms with Gasteiger partial charge in [0.1, 0.15) is 5.69 Å². The lowest BCUT2D eigenvalue weighted by Gasteiger charge is -2.22. The molecule has 16 heavy (non-hydrogen) atoms. The molecular weight excluding hydrogens is 206 g/mol. The van der Waals surface area contributed by atoms with E-state index in [4.69, 9.17) is 10.5 Å². The Hall–Kier alpha value is -1.62.